The van der Waals surface area contributed by atoms with Gasteiger partial charge in [0.05, 0.1) is 5.52 Å². The molecule has 0 atom stereocenters. The van der Waals surface area contributed by atoms with E-state index in [9.17, 15) is 14.4 Å². The average Bonchev–Trinajstić information content (AvgIpc) is 2.94. The highest BCUT2D eigenvalue weighted by Crippen LogP contribution is 2.21. The predicted molar refractivity (Wildman–Crippen MR) is 75.8 cm³/mol. The zero-order valence-corrected chi connectivity index (χ0v) is 12.3. The minimum Gasteiger partial charge on any atom is -0.423 e. The van der Waals surface area contributed by atoms with E-state index >= 15 is 0 Å². The number of rotatable bonds is 5. The van der Waals surface area contributed by atoms with E-state index in [0.717, 1.165) is 0 Å². The van der Waals surface area contributed by atoms with Gasteiger partial charge in [0.15, 0.2) is 11.3 Å². The maximum absolute atomic E-state index is 11.7. The van der Waals surface area contributed by atoms with Crippen LogP contribution < -0.4 is 10.1 Å². The van der Waals surface area contributed by atoms with Gasteiger partial charge in [-0.3, -0.25) is 14.7 Å². The molecule has 0 radical (unpaired) electrons. The molecule has 2 amide bonds. The molecule has 0 aliphatic carbocycles. The average molecular weight is 326 g/mol. The van der Waals surface area contributed by atoms with Crippen LogP contribution in [0.15, 0.2) is 18.2 Å². The van der Waals surface area contributed by atoms with Gasteiger partial charge in [-0.15, -0.1) is 5.10 Å². The van der Waals surface area contributed by atoms with Crippen molar-refractivity contribution in [1.82, 2.24) is 25.1 Å². The maximum atomic E-state index is 11.7. The van der Waals surface area contributed by atoms with Gasteiger partial charge in [-0.2, -0.15) is 0 Å². The molecular formula is C12H12ClN5O4. The van der Waals surface area contributed by atoms with Crippen LogP contribution in [0.3, 0.4) is 0 Å². The van der Waals surface area contributed by atoms with Crippen LogP contribution in [-0.2, 0) is 14.4 Å². The lowest BCUT2D eigenvalue weighted by atomic mass is 10.3. The molecule has 2 N–H and O–H groups in total. The second-order valence-corrected chi connectivity index (χ2v) is 4.66. The normalized spacial score (nSPS) is 10.3. The fourth-order valence-electron chi connectivity index (χ4n) is 1.55. The van der Waals surface area contributed by atoms with E-state index in [2.05, 4.69) is 20.7 Å². The van der Waals surface area contributed by atoms with Crippen LogP contribution >= 0.6 is 11.8 Å². The van der Waals surface area contributed by atoms with E-state index in [1.165, 1.54) is 6.92 Å². The number of halogens is 1. The maximum Gasteiger partial charge on any atom is 0.330 e. The minimum atomic E-state index is -0.687. The molecule has 10 heteroatoms. The van der Waals surface area contributed by atoms with Crippen LogP contribution in [0.25, 0.3) is 11.0 Å². The fraction of sp³-hybridized carbons (Fsp3) is 0.250. The zero-order valence-electron chi connectivity index (χ0n) is 11.5. The second kappa shape index (κ2) is 6.85. The SMILES string of the molecule is CC(=O)N(Cl)CC(=O)NCC(=O)Oc1cccc2[nH]nnc12. The number of carbonyl (C=O) groups excluding carboxylic acids is 3. The van der Waals surface area contributed by atoms with Crippen molar-refractivity contribution in [2.24, 2.45) is 0 Å². The molecule has 1 aromatic heterocycles. The van der Waals surface area contributed by atoms with Crippen molar-refractivity contribution in [3.05, 3.63) is 18.2 Å². The number of amides is 2. The summed E-state index contributed by atoms with van der Waals surface area (Å²) in [5, 5.41) is 12.3. The Morgan fingerprint density at radius 1 is 1.41 bits per heavy atom. The first-order valence-electron chi connectivity index (χ1n) is 6.18. The second-order valence-electron chi connectivity index (χ2n) is 4.25. The van der Waals surface area contributed by atoms with Crippen molar-refractivity contribution in [3.8, 4) is 5.75 Å². The van der Waals surface area contributed by atoms with Crippen LogP contribution in [0.4, 0.5) is 0 Å². The Labute approximate surface area is 129 Å². The van der Waals surface area contributed by atoms with Crippen LogP contribution in [0.5, 0.6) is 5.75 Å². The van der Waals surface area contributed by atoms with Gasteiger partial charge in [0.1, 0.15) is 13.1 Å². The largest absolute Gasteiger partial charge is 0.423 e. The summed E-state index contributed by atoms with van der Waals surface area (Å²) < 4.78 is 5.80. The number of H-pyrrole nitrogens is 1. The van der Waals surface area contributed by atoms with Gasteiger partial charge < -0.3 is 10.1 Å². The third-order valence-corrected chi connectivity index (χ3v) is 2.95. The number of ether oxygens (including phenoxy) is 1. The lowest BCUT2D eigenvalue weighted by Crippen LogP contribution is -2.38. The molecular weight excluding hydrogens is 314 g/mol. The molecule has 0 saturated carbocycles. The summed E-state index contributed by atoms with van der Waals surface area (Å²) in [5.74, 6) is -1.51. The van der Waals surface area contributed by atoms with E-state index in [1.54, 1.807) is 18.2 Å². The molecule has 0 bridgehead atoms. The van der Waals surface area contributed by atoms with Crippen LogP contribution in [0.2, 0.25) is 0 Å². The summed E-state index contributed by atoms with van der Waals surface area (Å²) >= 11 is 5.50. The number of esters is 1. The summed E-state index contributed by atoms with van der Waals surface area (Å²) in [5.41, 5.74) is 1.03. The van der Waals surface area contributed by atoms with Gasteiger partial charge in [-0.25, -0.2) is 9.21 Å². The quantitative estimate of drug-likeness (QED) is 0.453. The van der Waals surface area contributed by atoms with E-state index < -0.39 is 17.8 Å². The zero-order chi connectivity index (χ0) is 16.1. The van der Waals surface area contributed by atoms with Crippen molar-refractivity contribution in [2.75, 3.05) is 13.1 Å². The first kappa shape index (κ1) is 15.7. The van der Waals surface area contributed by atoms with Gasteiger partial charge in [0, 0.05) is 18.7 Å². The highest BCUT2D eigenvalue weighted by molar-refractivity contribution is 6.22. The van der Waals surface area contributed by atoms with Gasteiger partial charge in [-0.05, 0) is 12.1 Å². The highest BCUT2D eigenvalue weighted by Gasteiger charge is 2.14. The fourth-order valence-corrected chi connectivity index (χ4v) is 1.66. The Morgan fingerprint density at radius 3 is 2.91 bits per heavy atom. The van der Waals surface area contributed by atoms with Gasteiger partial charge in [0.25, 0.3) is 0 Å². The molecule has 0 aliphatic rings. The van der Waals surface area contributed by atoms with Crippen molar-refractivity contribution >= 4 is 40.6 Å². The van der Waals surface area contributed by atoms with Gasteiger partial charge in [0.2, 0.25) is 11.8 Å². The van der Waals surface area contributed by atoms with Crippen LogP contribution in [0, 0.1) is 0 Å². The third-order valence-electron chi connectivity index (χ3n) is 2.60. The first-order valence-corrected chi connectivity index (χ1v) is 6.52. The number of benzene rings is 1. The molecule has 2 rings (SSSR count). The number of hydrogen-bond acceptors (Lipinski definition) is 6. The summed E-state index contributed by atoms with van der Waals surface area (Å²) in [7, 11) is 0. The van der Waals surface area contributed by atoms with Crippen LogP contribution in [0.1, 0.15) is 6.92 Å². The van der Waals surface area contributed by atoms with E-state index in [4.69, 9.17) is 16.5 Å². The van der Waals surface area contributed by atoms with Crippen molar-refractivity contribution in [3.63, 3.8) is 0 Å². The molecule has 0 aliphatic heterocycles. The summed E-state index contributed by atoms with van der Waals surface area (Å²) in [6, 6.07) is 4.95. The topological polar surface area (TPSA) is 117 Å². The summed E-state index contributed by atoms with van der Waals surface area (Å²) in [6.07, 6.45) is 0. The lowest BCUT2D eigenvalue weighted by Gasteiger charge is -2.11. The Bertz CT molecular complexity index is 716. The Balaban J connectivity index is 1.87. The lowest BCUT2D eigenvalue weighted by molar-refractivity contribution is -0.136. The molecule has 0 fully saturated rings. The van der Waals surface area contributed by atoms with Crippen molar-refractivity contribution < 1.29 is 19.1 Å². The monoisotopic (exact) mass is 325 g/mol. The highest BCUT2D eigenvalue weighted by atomic mass is 35.5. The van der Waals surface area contributed by atoms with Gasteiger partial charge in [-0.1, -0.05) is 11.3 Å². The van der Waals surface area contributed by atoms with Crippen LogP contribution in [-0.4, -0.2) is 50.7 Å². The summed E-state index contributed by atoms with van der Waals surface area (Å²) in [4.78, 5) is 34.0. The smallest absolute Gasteiger partial charge is 0.330 e. The molecule has 0 unspecified atom stereocenters. The first-order chi connectivity index (χ1) is 10.5. The van der Waals surface area contributed by atoms with Crippen molar-refractivity contribution in [1.29, 1.82) is 0 Å². The molecule has 1 aromatic carbocycles. The number of carbonyl (C=O) groups is 3. The molecule has 1 heterocycles. The Morgan fingerprint density at radius 2 is 2.18 bits per heavy atom. The van der Waals surface area contributed by atoms with E-state index in [-0.39, 0.29) is 18.8 Å². The standard InChI is InChI=1S/C12H12ClN5O4/c1-7(19)18(13)6-10(20)14-5-11(21)22-9-4-2-3-8-12(9)16-17-15-8/h2-4H,5-6H2,1H3,(H,14,20)(H,15,16,17). The van der Waals surface area contributed by atoms with Crippen molar-refractivity contribution in [2.45, 2.75) is 6.92 Å². The number of hydrogen-bond donors (Lipinski definition) is 2. The molecule has 9 nitrogen and oxygen atoms in total. The molecule has 0 saturated heterocycles. The van der Waals surface area contributed by atoms with E-state index in [0.29, 0.717) is 15.5 Å². The Kier molecular flexibility index (Phi) is 4.89. The molecule has 0 spiro atoms. The van der Waals surface area contributed by atoms with E-state index in [1.807, 2.05) is 0 Å². The number of aromatic amines is 1. The number of aromatic nitrogens is 3. The minimum absolute atomic E-state index is 0.230. The van der Waals surface area contributed by atoms with Gasteiger partial charge >= 0.3 is 5.97 Å². The number of nitrogens with one attached hydrogen (secondary N) is 2. The molecule has 2 aromatic rings. The number of nitrogens with zero attached hydrogens (tertiary/aromatic N) is 3. The number of fused-ring (bicyclic) bond motifs is 1. The Hall–Kier alpha value is -2.68. The summed E-state index contributed by atoms with van der Waals surface area (Å²) in [6.45, 7) is 0.492. The molecule has 22 heavy (non-hydrogen) atoms. The predicted octanol–water partition coefficient (Wildman–Crippen LogP) is -0.0182. The molecule has 116 valence electrons. The third kappa shape index (κ3) is 3.92.